The highest BCUT2D eigenvalue weighted by Gasteiger charge is 2.59. The van der Waals surface area contributed by atoms with Crippen LogP contribution in [0, 0.1) is 11.8 Å². The number of allylic oxidation sites excluding steroid dienone is 2. The lowest BCUT2D eigenvalue weighted by Gasteiger charge is -2.45. The van der Waals surface area contributed by atoms with E-state index in [2.05, 4.69) is 5.32 Å². The standard InChI is InChI=1S/C24H26F2N2O7/c1-2-9-3-11(7-28-8-15(25)26)19(30)17-13(9)5-10-4-12-6-14(29)18(23(27)34)22(33)24(12,35)21(32)16(10)20(17)31/h3,10,12,15,28-30,32,35H,2,4-8H2,1H3,(H2,27,34)/t10-,12+,24+/m1/s1. The van der Waals surface area contributed by atoms with Crippen LogP contribution in [0.1, 0.15) is 46.8 Å². The van der Waals surface area contributed by atoms with Crippen molar-refractivity contribution in [3.05, 3.63) is 51.0 Å². The summed E-state index contributed by atoms with van der Waals surface area (Å²) in [5.74, 6) is -6.91. The average molecular weight is 492 g/mol. The summed E-state index contributed by atoms with van der Waals surface area (Å²) in [5.41, 5.74) is 2.83. The van der Waals surface area contributed by atoms with Crippen molar-refractivity contribution in [1.82, 2.24) is 5.32 Å². The molecule has 35 heavy (non-hydrogen) atoms. The molecule has 0 radical (unpaired) electrons. The number of phenols is 1. The van der Waals surface area contributed by atoms with Gasteiger partial charge in [-0.25, -0.2) is 8.78 Å². The number of aliphatic hydroxyl groups is 3. The van der Waals surface area contributed by atoms with Crippen molar-refractivity contribution in [3.8, 4) is 5.75 Å². The predicted molar refractivity (Wildman–Crippen MR) is 118 cm³/mol. The molecule has 11 heteroatoms. The van der Waals surface area contributed by atoms with Gasteiger partial charge in [-0.2, -0.15) is 0 Å². The second kappa shape index (κ2) is 8.72. The summed E-state index contributed by atoms with van der Waals surface area (Å²) in [7, 11) is 0. The number of nitrogens with one attached hydrogen (secondary N) is 1. The van der Waals surface area contributed by atoms with Crippen molar-refractivity contribution in [2.45, 2.75) is 51.2 Å². The molecule has 0 bridgehead atoms. The van der Waals surface area contributed by atoms with E-state index < -0.39 is 70.7 Å². The first-order chi connectivity index (χ1) is 16.4. The smallest absolute Gasteiger partial charge is 0.255 e. The molecule has 188 valence electrons. The van der Waals surface area contributed by atoms with Crippen molar-refractivity contribution in [2.75, 3.05) is 6.54 Å². The lowest BCUT2D eigenvalue weighted by atomic mass is 9.60. The van der Waals surface area contributed by atoms with Crippen LogP contribution in [0.2, 0.25) is 0 Å². The Morgan fingerprint density at radius 3 is 2.51 bits per heavy atom. The van der Waals surface area contributed by atoms with E-state index in [1.807, 2.05) is 6.92 Å². The number of phenolic OH excluding ortho intramolecular Hbond substituents is 1. The molecule has 1 amide bonds. The molecular weight excluding hydrogens is 466 g/mol. The number of aryl methyl sites for hydroxylation is 1. The summed E-state index contributed by atoms with van der Waals surface area (Å²) in [6.07, 6.45) is -2.17. The molecule has 0 saturated carbocycles. The van der Waals surface area contributed by atoms with Gasteiger partial charge in [0, 0.05) is 30.0 Å². The van der Waals surface area contributed by atoms with Gasteiger partial charge >= 0.3 is 0 Å². The molecule has 0 heterocycles. The number of rotatable bonds is 6. The highest BCUT2D eigenvalue weighted by atomic mass is 19.3. The van der Waals surface area contributed by atoms with E-state index in [0.29, 0.717) is 12.0 Å². The first-order valence-corrected chi connectivity index (χ1v) is 11.3. The molecule has 1 aromatic rings. The minimum Gasteiger partial charge on any atom is -0.511 e. The Labute approximate surface area is 198 Å². The van der Waals surface area contributed by atoms with E-state index in [1.54, 1.807) is 6.07 Å². The molecule has 0 aromatic heterocycles. The molecular formula is C24H26F2N2O7. The molecule has 0 fully saturated rings. The largest absolute Gasteiger partial charge is 0.511 e. The first-order valence-electron chi connectivity index (χ1n) is 11.3. The van der Waals surface area contributed by atoms with Gasteiger partial charge in [0.05, 0.1) is 12.1 Å². The van der Waals surface area contributed by atoms with Gasteiger partial charge in [-0.3, -0.25) is 14.4 Å². The maximum absolute atomic E-state index is 13.6. The molecule has 0 unspecified atom stereocenters. The molecule has 1 aromatic carbocycles. The average Bonchev–Trinajstić information content (AvgIpc) is 2.77. The highest BCUT2D eigenvalue weighted by Crippen LogP contribution is 2.52. The zero-order valence-corrected chi connectivity index (χ0v) is 18.9. The third kappa shape index (κ3) is 3.69. The topological polar surface area (TPSA) is 170 Å². The molecule has 0 aliphatic heterocycles. The number of carbonyl (C=O) groups is 3. The summed E-state index contributed by atoms with van der Waals surface area (Å²) in [6, 6.07) is 1.64. The van der Waals surface area contributed by atoms with Gasteiger partial charge in [0.1, 0.15) is 22.8 Å². The Kier molecular flexibility index (Phi) is 6.18. The number of alkyl halides is 2. The van der Waals surface area contributed by atoms with Gasteiger partial charge in [-0.05, 0) is 36.3 Å². The number of hydrogen-bond acceptors (Lipinski definition) is 8. The van der Waals surface area contributed by atoms with Crippen LogP contribution in [0.5, 0.6) is 5.75 Å². The molecule has 0 spiro atoms. The van der Waals surface area contributed by atoms with Gasteiger partial charge in [-0.15, -0.1) is 0 Å². The van der Waals surface area contributed by atoms with E-state index in [9.17, 15) is 43.6 Å². The van der Waals surface area contributed by atoms with Crippen molar-refractivity contribution in [1.29, 1.82) is 0 Å². The molecule has 3 atom stereocenters. The van der Waals surface area contributed by atoms with E-state index in [-0.39, 0.29) is 42.5 Å². The summed E-state index contributed by atoms with van der Waals surface area (Å²) in [5, 5.41) is 45.9. The zero-order chi connectivity index (χ0) is 25.8. The highest BCUT2D eigenvalue weighted by molar-refractivity contribution is 6.24. The van der Waals surface area contributed by atoms with Gasteiger partial charge in [0.2, 0.25) is 5.78 Å². The van der Waals surface area contributed by atoms with Crippen LogP contribution in [0.4, 0.5) is 8.78 Å². The fourth-order valence-corrected chi connectivity index (χ4v) is 5.59. The Balaban J connectivity index is 1.83. The number of halogens is 2. The van der Waals surface area contributed by atoms with Gasteiger partial charge in [0.25, 0.3) is 12.3 Å². The molecule has 4 rings (SSSR count). The lowest BCUT2D eigenvalue weighted by molar-refractivity contribution is -0.144. The predicted octanol–water partition coefficient (Wildman–Crippen LogP) is 1.50. The maximum Gasteiger partial charge on any atom is 0.255 e. The van der Waals surface area contributed by atoms with Crippen LogP contribution in [0.3, 0.4) is 0 Å². The minimum atomic E-state index is -2.63. The molecule has 3 aliphatic rings. The van der Waals surface area contributed by atoms with E-state index in [0.717, 1.165) is 5.56 Å². The fraction of sp³-hybridized carbons (Fsp3) is 0.458. The number of ketones is 2. The van der Waals surface area contributed by atoms with Crippen LogP contribution < -0.4 is 11.1 Å². The molecule has 7 N–H and O–H groups in total. The third-order valence-corrected chi connectivity index (χ3v) is 7.23. The summed E-state index contributed by atoms with van der Waals surface area (Å²) < 4.78 is 25.1. The fourth-order valence-electron chi connectivity index (χ4n) is 5.59. The Morgan fingerprint density at radius 1 is 1.23 bits per heavy atom. The van der Waals surface area contributed by atoms with Gasteiger partial charge in [0.15, 0.2) is 11.4 Å². The lowest BCUT2D eigenvalue weighted by Crippen LogP contribution is -2.57. The number of hydrogen-bond donors (Lipinski definition) is 6. The second-order valence-corrected chi connectivity index (χ2v) is 9.18. The first kappa shape index (κ1) is 24.8. The number of Topliss-reactive ketones (excluding diaryl/α,β-unsaturated/α-hetero) is 2. The van der Waals surface area contributed by atoms with Crippen LogP contribution in [-0.4, -0.2) is 56.5 Å². The minimum absolute atomic E-state index is 0.0462. The van der Waals surface area contributed by atoms with E-state index in [4.69, 9.17) is 5.73 Å². The van der Waals surface area contributed by atoms with Crippen molar-refractivity contribution in [2.24, 2.45) is 17.6 Å². The van der Waals surface area contributed by atoms with Crippen molar-refractivity contribution >= 4 is 17.5 Å². The monoisotopic (exact) mass is 492 g/mol. The number of aromatic hydroxyl groups is 1. The number of amides is 1. The van der Waals surface area contributed by atoms with Crippen LogP contribution in [0.25, 0.3) is 0 Å². The van der Waals surface area contributed by atoms with Crippen LogP contribution >= 0.6 is 0 Å². The summed E-state index contributed by atoms with van der Waals surface area (Å²) >= 11 is 0. The Morgan fingerprint density at radius 2 is 1.91 bits per heavy atom. The number of benzene rings is 1. The third-order valence-electron chi connectivity index (χ3n) is 7.23. The normalized spacial score (nSPS) is 26.1. The van der Waals surface area contributed by atoms with Gasteiger partial charge in [-0.1, -0.05) is 13.0 Å². The Bertz CT molecular complexity index is 1210. The van der Waals surface area contributed by atoms with Crippen LogP contribution in [0.15, 0.2) is 28.7 Å². The summed E-state index contributed by atoms with van der Waals surface area (Å²) in [4.78, 5) is 38.3. The molecule has 9 nitrogen and oxygen atoms in total. The number of primary amides is 1. The molecule has 3 aliphatic carbocycles. The van der Waals surface area contributed by atoms with E-state index >= 15 is 0 Å². The second-order valence-electron chi connectivity index (χ2n) is 9.18. The maximum atomic E-state index is 13.6. The number of carbonyl (C=O) groups excluding carboxylic acids is 3. The van der Waals surface area contributed by atoms with Crippen molar-refractivity contribution in [3.63, 3.8) is 0 Å². The SMILES string of the molecule is CCc1cc(CNCC(F)F)c(O)c2c1C[C@H]1C[C@H]3CC(O)=C(C(N)=O)C(=O)[C@@]3(O)C(O)=C1C2=O. The Hall–Kier alpha value is -3.31. The molecule has 0 saturated heterocycles. The van der Waals surface area contributed by atoms with Crippen molar-refractivity contribution < 1.29 is 43.6 Å². The van der Waals surface area contributed by atoms with E-state index in [1.165, 1.54) is 0 Å². The number of fused-ring (bicyclic) bond motifs is 3. The van der Waals surface area contributed by atoms with Crippen LogP contribution in [-0.2, 0) is 29.0 Å². The number of aliphatic hydroxyl groups excluding tert-OH is 2. The van der Waals surface area contributed by atoms with Gasteiger partial charge < -0.3 is 31.5 Å². The number of nitrogens with two attached hydrogens (primary N) is 1. The quantitative estimate of drug-likeness (QED) is 0.325. The zero-order valence-electron chi connectivity index (χ0n) is 18.9. The summed E-state index contributed by atoms with van der Waals surface area (Å²) in [6.45, 7) is 1.09.